The number of hydrogen-bond donors (Lipinski definition) is 1. The molecule has 0 aliphatic carbocycles. The molecule has 0 saturated heterocycles. The van der Waals surface area contributed by atoms with Crippen molar-refractivity contribution in [3.05, 3.63) is 58.3 Å². The lowest BCUT2D eigenvalue weighted by Crippen LogP contribution is -2.16. The van der Waals surface area contributed by atoms with E-state index in [1.54, 1.807) is 18.2 Å². The van der Waals surface area contributed by atoms with Gasteiger partial charge in [-0.05, 0) is 50.2 Å². The van der Waals surface area contributed by atoms with Crippen LogP contribution in [0.25, 0.3) is 11.0 Å². The third-order valence-electron chi connectivity index (χ3n) is 3.67. The van der Waals surface area contributed by atoms with Gasteiger partial charge in [-0.3, -0.25) is 4.79 Å². The van der Waals surface area contributed by atoms with E-state index < -0.39 is 5.91 Å². The fraction of sp³-hybridized carbons (Fsp3) is 0.200. The zero-order valence-corrected chi connectivity index (χ0v) is 16.6. The van der Waals surface area contributed by atoms with Gasteiger partial charge >= 0.3 is 5.91 Å². The zero-order chi connectivity index (χ0) is 19.2. The summed E-state index contributed by atoms with van der Waals surface area (Å²) in [5.74, 6) is 1.12. The number of nitrogens with one attached hydrogen (secondary N) is 1. The lowest BCUT2D eigenvalue weighted by molar-refractivity contribution is 0.0929. The maximum Gasteiger partial charge on any atom is 0.307 e. The van der Waals surface area contributed by atoms with Crippen molar-refractivity contribution in [1.82, 2.24) is 5.43 Å². The van der Waals surface area contributed by atoms with Crippen molar-refractivity contribution < 1.29 is 18.7 Å². The standard InChI is InChI=1S/C20H19BrN2O4/c1-3-25-16-7-5-13(18(11-16)26-4-2)12-22-23-20(24)19-10-14-9-15(21)6-8-17(14)27-19/h5-12H,3-4H2,1-2H3,(H,23,24)/b22-12+. The maximum absolute atomic E-state index is 12.3. The van der Waals surface area contributed by atoms with Crippen molar-refractivity contribution >= 4 is 39.0 Å². The molecule has 7 heteroatoms. The fourth-order valence-corrected chi connectivity index (χ4v) is 2.88. The predicted octanol–water partition coefficient (Wildman–Crippen LogP) is 4.76. The number of carbonyl (C=O) groups is 1. The van der Waals surface area contributed by atoms with Gasteiger partial charge in [-0.15, -0.1) is 0 Å². The molecule has 27 heavy (non-hydrogen) atoms. The summed E-state index contributed by atoms with van der Waals surface area (Å²) in [5.41, 5.74) is 3.84. The molecule has 140 valence electrons. The predicted molar refractivity (Wildman–Crippen MR) is 108 cm³/mol. The first-order valence-corrected chi connectivity index (χ1v) is 9.32. The number of benzene rings is 2. The minimum absolute atomic E-state index is 0.192. The van der Waals surface area contributed by atoms with Crippen LogP contribution in [0.4, 0.5) is 0 Å². The Morgan fingerprint density at radius 2 is 1.96 bits per heavy atom. The molecule has 1 amide bonds. The van der Waals surface area contributed by atoms with Crippen LogP contribution in [0.5, 0.6) is 11.5 Å². The van der Waals surface area contributed by atoms with Gasteiger partial charge in [0.15, 0.2) is 5.76 Å². The Bertz CT molecular complexity index is 981. The van der Waals surface area contributed by atoms with Gasteiger partial charge in [0.2, 0.25) is 0 Å². The van der Waals surface area contributed by atoms with Gasteiger partial charge in [-0.25, -0.2) is 5.43 Å². The highest BCUT2D eigenvalue weighted by atomic mass is 79.9. The molecule has 0 fully saturated rings. The second-order valence-electron chi connectivity index (χ2n) is 5.56. The van der Waals surface area contributed by atoms with Crippen LogP contribution < -0.4 is 14.9 Å². The summed E-state index contributed by atoms with van der Waals surface area (Å²) in [5, 5.41) is 4.85. The lowest BCUT2D eigenvalue weighted by Gasteiger charge is -2.09. The normalized spacial score (nSPS) is 11.1. The Hall–Kier alpha value is -2.80. The quantitative estimate of drug-likeness (QED) is 0.433. The molecule has 1 heterocycles. The molecule has 0 unspecified atom stereocenters. The highest BCUT2D eigenvalue weighted by Crippen LogP contribution is 2.25. The molecule has 1 N–H and O–H groups in total. The average molecular weight is 431 g/mol. The van der Waals surface area contributed by atoms with Gasteiger partial charge in [0, 0.05) is 21.5 Å². The van der Waals surface area contributed by atoms with Gasteiger partial charge < -0.3 is 13.9 Å². The summed E-state index contributed by atoms with van der Waals surface area (Å²) in [6, 6.07) is 12.7. The number of hydrazone groups is 1. The van der Waals surface area contributed by atoms with E-state index in [0.717, 1.165) is 21.2 Å². The van der Waals surface area contributed by atoms with Gasteiger partial charge in [0.25, 0.3) is 0 Å². The second-order valence-corrected chi connectivity index (χ2v) is 6.47. The van der Waals surface area contributed by atoms with E-state index in [9.17, 15) is 4.79 Å². The first-order valence-electron chi connectivity index (χ1n) is 8.53. The summed E-state index contributed by atoms with van der Waals surface area (Å²) in [7, 11) is 0. The Morgan fingerprint density at radius 3 is 2.74 bits per heavy atom. The molecule has 6 nitrogen and oxygen atoms in total. The number of fused-ring (bicyclic) bond motifs is 1. The van der Waals surface area contributed by atoms with Gasteiger partial charge in [-0.2, -0.15) is 5.10 Å². The molecule has 0 aliphatic rings. The number of carbonyl (C=O) groups excluding carboxylic acids is 1. The molecular formula is C20H19BrN2O4. The molecule has 3 rings (SSSR count). The average Bonchev–Trinajstić information content (AvgIpc) is 3.07. The Morgan fingerprint density at radius 1 is 1.15 bits per heavy atom. The monoisotopic (exact) mass is 430 g/mol. The third kappa shape index (κ3) is 4.68. The number of furan rings is 1. The zero-order valence-electron chi connectivity index (χ0n) is 15.0. The maximum atomic E-state index is 12.3. The SMILES string of the molecule is CCOc1ccc(/C=N/NC(=O)c2cc3cc(Br)ccc3o2)c(OCC)c1. The van der Waals surface area contributed by atoms with Crippen LogP contribution in [-0.4, -0.2) is 25.3 Å². The van der Waals surface area contributed by atoms with Crippen LogP contribution in [0.3, 0.4) is 0 Å². The number of rotatable bonds is 7. The molecule has 0 spiro atoms. The van der Waals surface area contributed by atoms with Crippen LogP contribution in [0.15, 0.2) is 56.5 Å². The van der Waals surface area contributed by atoms with Crippen LogP contribution in [0.1, 0.15) is 30.0 Å². The molecule has 0 bridgehead atoms. The summed E-state index contributed by atoms with van der Waals surface area (Å²) < 4.78 is 17.5. The molecule has 2 aromatic carbocycles. The van der Waals surface area contributed by atoms with Crippen molar-refractivity contribution in [2.75, 3.05) is 13.2 Å². The van der Waals surface area contributed by atoms with Gasteiger partial charge in [0.05, 0.1) is 19.4 Å². The largest absolute Gasteiger partial charge is 0.494 e. The Kier molecular flexibility index (Phi) is 6.13. The number of ether oxygens (including phenoxy) is 2. The van der Waals surface area contributed by atoms with E-state index in [2.05, 4.69) is 26.5 Å². The van der Waals surface area contributed by atoms with Crippen LogP contribution in [0, 0.1) is 0 Å². The lowest BCUT2D eigenvalue weighted by atomic mass is 10.2. The molecular weight excluding hydrogens is 412 g/mol. The molecule has 0 saturated carbocycles. The number of nitrogens with zero attached hydrogens (tertiary/aromatic N) is 1. The fourth-order valence-electron chi connectivity index (χ4n) is 2.50. The van der Waals surface area contributed by atoms with Crippen molar-refractivity contribution in [2.45, 2.75) is 13.8 Å². The van der Waals surface area contributed by atoms with E-state index in [1.165, 1.54) is 6.21 Å². The third-order valence-corrected chi connectivity index (χ3v) is 4.16. The summed E-state index contributed by atoms with van der Waals surface area (Å²) >= 11 is 3.39. The molecule has 0 aliphatic heterocycles. The molecule has 1 aromatic heterocycles. The molecule has 0 radical (unpaired) electrons. The van der Waals surface area contributed by atoms with E-state index >= 15 is 0 Å². The van der Waals surface area contributed by atoms with E-state index in [4.69, 9.17) is 13.9 Å². The highest BCUT2D eigenvalue weighted by Gasteiger charge is 2.12. The minimum atomic E-state index is -0.428. The van der Waals surface area contributed by atoms with Crippen LogP contribution in [-0.2, 0) is 0 Å². The van der Waals surface area contributed by atoms with E-state index in [-0.39, 0.29) is 5.76 Å². The van der Waals surface area contributed by atoms with Gasteiger partial charge in [0.1, 0.15) is 17.1 Å². The molecule has 3 aromatic rings. The molecule has 0 atom stereocenters. The van der Waals surface area contributed by atoms with Crippen molar-refractivity contribution in [3.63, 3.8) is 0 Å². The van der Waals surface area contributed by atoms with Crippen LogP contribution in [0.2, 0.25) is 0 Å². The topological polar surface area (TPSA) is 73.1 Å². The second kappa shape index (κ2) is 8.73. The first-order chi connectivity index (χ1) is 13.1. The van der Waals surface area contributed by atoms with Crippen molar-refractivity contribution in [1.29, 1.82) is 0 Å². The van der Waals surface area contributed by atoms with Crippen molar-refractivity contribution in [2.24, 2.45) is 5.10 Å². The smallest absolute Gasteiger partial charge is 0.307 e. The highest BCUT2D eigenvalue weighted by molar-refractivity contribution is 9.10. The summed E-state index contributed by atoms with van der Waals surface area (Å²) in [6.07, 6.45) is 1.53. The Balaban J connectivity index is 1.72. The number of halogens is 1. The summed E-state index contributed by atoms with van der Waals surface area (Å²) in [6.45, 7) is 4.90. The van der Waals surface area contributed by atoms with Crippen molar-refractivity contribution in [3.8, 4) is 11.5 Å². The first kappa shape index (κ1) is 19.0. The van der Waals surface area contributed by atoms with E-state index in [0.29, 0.717) is 24.5 Å². The van der Waals surface area contributed by atoms with Gasteiger partial charge in [-0.1, -0.05) is 15.9 Å². The van der Waals surface area contributed by atoms with E-state index in [1.807, 2.05) is 38.1 Å². The minimum Gasteiger partial charge on any atom is -0.494 e. The number of amides is 1. The Labute approximate surface area is 165 Å². The van der Waals surface area contributed by atoms with Crippen LogP contribution >= 0.6 is 15.9 Å². The summed E-state index contributed by atoms with van der Waals surface area (Å²) in [4.78, 5) is 12.3. The number of hydrogen-bond acceptors (Lipinski definition) is 5.